The van der Waals surface area contributed by atoms with Gasteiger partial charge in [0.2, 0.25) is 5.91 Å². The van der Waals surface area contributed by atoms with Crippen LogP contribution in [0.4, 0.5) is 0 Å². The van der Waals surface area contributed by atoms with Crippen LogP contribution < -0.4 is 5.32 Å². The Bertz CT molecular complexity index is 234. The molecule has 0 aromatic carbocycles. The molecule has 0 bridgehead atoms. The van der Waals surface area contributed by atoms with Crippen molar-refractivity contribution in [1.29, 1.82) is 0 Å². The van der Waals surface area contributed by atoms with Gasteiger partial charge >= 0.3 is 0 Å². The van der Waals surface area contributed by atoms with Gasteiger partial charge in [-0.15, -0.1) is 0 Å². The van der Waals surface area contributed by atoms with E-state index >= 15 is 0 Å². The third-order valence-electron chi connectivity index (χ3n) is 3.26. The highest BCUT2D eigenvalue weighted by atomic mass is 16.2. The van der Waals surface area contributed by atoms with Crippen LogP contribution in [0.5, 0.6) is 0 Å². The zero-order valence-corrected chi connectivity index (χ0v) is 8.12. The maximum absolute atomic E-state index is 11.5. The van der Waals surface area contributed by atoms with Crippen LogP contribution in [-0.2, 0) is 4.79 Å². The fraction of sp³-hybridized carbons (Fsp3) is 0.727. The van der Waals surface area contributed by atoms with E-state index in [1.54, 1.807) is 0 Å². The Morgan fingerprint density at radius 2 is 2.23 bits per heavy atom. The number of hydrogen-bond donors (Lipinski definition) is 1. The summed E-state index contributed by atoms with van der Waals surface area (Å²) in [6, 6.07) is 0.451. The normalized spacial score (nSPS) is 37.3. The SMILES string of the molecule is CCC[C@@H]1NC(=O)[C@H]2CC=CC[C@@H]12. The van der Waals surface area contributed by atoms with Gasteiger partial charge in [-0.2, -0.15) is 0 Å². The first-order valence-corrected chi connectivity index (χ1v) is 5.28. The summed E-state index contributed by atoms with van der Waals surface area (Å²) in [4.78, 5) is 11.5. The van der Waals surface area contributed by atoms with Crippen molar-refractivity contribution >= 4 is 5.91 Å². The molecule has 1 N–H and O–H groups in total. The van der Waals surface area contributed by atoms with Crippen LogP contribution >= 0.6 is 0 Å². The lowest BCUT2D eigenvalue weighted by Crippen LogP contribution is -2.28. The second kappa shape index (κ2) is 3.52. The average Bonchev–Trinajstić information content (AvgIpc) is 2.46. The minimum Gasteiger partial charge on any atom is -0.353 e. The molecule has 2 heteroatoms. The van der Waals surface area contributed by atoms with E-state index in [1.165, 1.54) is 0 Å². The molecule has 0 aromatic heterocycles. The van der Waals surface area contributed by atoms with Gasteiger partial charge in [-0.3, -0.25) is 4.79 Å². The number of nitrogens with one attached hydrogen (secondary N) is 1. The van der Waals surface area contributed by atoms with E-state index in [4.69, 9.17) is 0 Å². The lowest BCUT2D eigenvalue weighted by Gasteiger charge is -2.22. The second-order valence-electron chi connectivity index (χ2n) is 4.12. The standard InChI is InChI=1S/C11H17NO/c1-2-5-10-8-6-3-4-7-9(8)11(13)12-10/h3-4,8-10H,2,5-7H2,1H3,(H,12,13)/t8-,9+,10+/m1/s1. The summed E-state index contributed by atoms with van der Waals surface area (Å²) < 4.78 is 0. The van der Waals surface area contributed by atoms with E-state index in [-0.39, 0.29) is 11.8 Å². The fourth-order valence-electron chi connectivity index (χ4n) is 2.58. The smallest absolute Gasteiger partial charge is 0.224 e. The van der Waals surface area contributed by atoms with E-state index < -0.39 is 0 Å². The molecule has 0 aromatic rings. The van der Waals surface area contributed by atoms with Crippen molar-refractivity contribution in [2.45, 2.75) is 38.6 Å². The molecular weight excluding hydrogens is 162 g/mol. The van der Waals surface area contributed by atoms with E-state index in [9.17, 15) is 4.79 Å². The first-order chi connectivity index (χ1) is 6.33. The monoisotopic (exact) mass is 179 g/mol. The number of amides is 1. The molecule has 2 rings (SSSR count). The third-order valence-corrected chi connectivity index (χ3v) is 3.26. The van der Waals surface area contributed by atoms with Crippen molar-refractivity contribution in [3.8, 4) is 0 Å². The molecule has 0 saturated carbocycles. The van der Waals surface area contributed by atoms with Gasteiger partial charge in [0.05, 0.1) is 0 Å². The number of carbonyl (C=O) groups excluding carboxylic acids is 1. The van der Waals surface area contributed by atoms with Gasteiger partial charge in [0.25, 0.3) is 0 Å². The van der Waals surface area contributed by atoms with Crippen molar-refractivity contribution in [1.82, 2.24) is 5.32 Å². The van der Waals surface area contributed by atoms with Crippen molar-refractivity contribution in [2.75, 3.05) is 0 Å². The quantitative estimate of drug-likeness (QED) is 0.644. The Balaban J connectivity index is 2.09. The molecule has 0 spiro atoms. The minimum atomic E-state index is 0.279. The van der Waals surface area contributed by atoms with Gasteiger partial charge in [0.15, 0.2) is 0 Å². The lowest BCUT2D eigenvalue weighted by atomic mass is 9.81. The number of hydrogen-bond acceptors (Lipinski definition) is 1. The first-order valence-electron chi connectivity index (χ1n) is 5.28. The third kappa shape index (κ3) is 1.50. The van der Waals surface area contributed by atoms with Crippen LogP contribution in [0.1, 0.15) is 32.6 Å². The molecule has 1 saturated heterocycles. The van der Waals surface area contributed by atoms with Crippen molar-refractivity contribution in [3.05, 3.63) is 12.2 Å². The summed E-state index contributed by atoms with van der Waals surface area (Å²) in [5.41, 5.74) is 0. The van der Waals surface area contributed by atoms with Crippen LogP contribution in [0.3, 0.4) is 0 Å². The van der Waals surface area contributed by atoms with Crippen LogP contribution in [0.15, 0.2) is 12.2 Å². The molecule has 13 heavy (non-hydrogen) atoms. The van der Waals surface area contributed by atoms with Crippen LogP contribution in [0.25, 0.3) is 0 Å². The zero-order valence-electron chi connectivity index (χ0n) is 8.12. The van der Waals surface area contributed by atoms with E-state index in [0.29, 0.717) is 12.0 Å². The van der Waals surface area contributed by atoms with E-state index in [2.05, 4.69) is 24.4 Å². The molecule has 0 radical (unpaired) electrons. The number of carbonyl (C=O) groups is 1. The molecule has 1 heterocycles. The Morgan fingerprint density at radius 3 is 3.00 bits per heavy atom. The number of allylic oxidation sites excluding steroid dienone is 2. The Kier molecular flexibility index (Phi) is 2.38. The topological polar surface area (TPSA) is 29.1 Å². The molecule has 3 atom stereocenters. The van der Waals surface area contributed by atoms with Crippen molar-refractivity contribution < 1.29 is 4.79 Å². The molecule has 2 aliphatic rings. The Morgan fingerprint density at radius 1 is 1.46 bits per heavy atom. The maximum Gasteiger partial charge on any atom is 0.224 e. The van der Waals surface area contributed by atoms with Gasteiger partial charge in [-0.25, -0.2) is 0 Å². The number of fused-ring (bicyclic) bond motifs is 1. The molecule has 1 aliphatic heterocycles. The fourth-order valence-corrected chi connectivity index (χ4v) is 2.58. The van der Waals surface area contributed by atoms with E-state index in [0.717, 1.165) is 25.7 Å². The van der Waals surface area contributed by atoms with Crippen LogP contribution in [0.2, 0.25) is 0 Å². The first kappa shape index (κ1) is 8.79. The minimum absolute atomic E-state index is 0.279. The second-order valence-corrected chi connectivity index (χ2v) is 4.12. The maximum atomic E-state index is 11.5. The molecule has 2 nitrogen and oxygen atoms in total. The summed E-state index contributed by atoms with van der Waals surface area (Å²) in [5, 5.41) is 3.12. The molecule has 1 amide bonds. The molecule has 0 unspecified atom stereocenters. The average molecular weight is 179 g/mol. The lowest BCUT2D eigenvalue weighted by molar-refractivity contribution is -0.123. The van der Waals surface area contributed by atoms with Crippen LogP contribution in [0, 0.1) is 11.8 Å². The van der Waals surface area contributed by atoms with E-state index in [1.807, 2.05) is 0 Å². The van der Waals surface area contributed by atoms with Gasteiger partial charge in [-0.05, 0) is 25.2 Å². The number of rotatable bonds is 2. The summed E-state index contributed by atoms with van der Waals surface area (Å²) in [5.74, 6) is 1.15. The predicted molar refractivity (Wildman–Crippen MR) is 52.2 cm³/mol. The molecular formula is C11H17NO. The summed E-state index contributed by atoms with van der Waals surface area (Å²) in [6.45, 7) is 2.18. The highest BCUT2D eigenvalue weighted by Crippen LogP contribution is 2.34. The van der Waals surface area contributed by atoms with Crippen molar-refractivity contribution in [2.24, 2.45) is 11.8 Å². The highest BCUT2D eigenvalue weighted by molar-refractivity contribution is 5.82. The highest BCUT2D eigenvalue weighted by Gasteiger charge is 2.40. The largest absolute Gasteiger partial charge is 0.353 e. The zero-order chi connectivity index (χ0) is 9.26. The molecule has 72 valence electrons. The van der Waals surface area contributed by atoms with Gasteiger partial charge in [-0.1, -0.05) is 25.5 Å². The summed E-state index contributed by atoms with van der Waals surface area (Å²) in [6.07, 6.45) is 8.72. The Hall–Kier alpha value is -0.790. The summed E-state index contributed by atoms with van der Waals surface area (Å²) >= 11 is 0. The molecule has 1 aliphatic carbocycles. The van der Waals surface area contributed by atoms with Crippen LogP contribution in [-0.4, -0.2) is 11.9 Å². The summed E-state index contributed by atoms with van der Waals surface area (Å²) in [7, 11) is 0. The predicted octanol–water partition coefficient (Wildman–Crippen LogP) is 1.87. The van der Waals surface area contributed by atoms with Gasteiger partial charge in [0, 0.05) is 12.0 Å². The molecule has 1 fully saturated rings. The van der Waals surface area contributed by atoms with Gasteiger partial charge in [0.1, 0.15) is 0 Å². The Labute approximate surface area is 79.4 Å². The van der Waals surface area contributed by atoms with Gasteiger partial charge < -0.3 is 5.32 Å². The van der Waals surface area contributed by atoms with Crippen molar-refractivity contribution in [3.63, 3.8) is 0 Å².